The van der Waals surface area contributed by atoms with Crippen molar-refractivity contribution in [3.8, 4) is 5.75 Å². The lowest BCUT2D eigenvalue weighted by molar-refractivity contribution is -0.138. The summed E-state index contributed by atoms with van der Waals surface area (Å²) in [6, 6.07) is 3.42. The molecule has 4 rings (SSSR count). The van der Waals surface area contributed by atoms with Gasteiger partial charge in [0.1, 0.15) is 18.3 Å². The summed E-state index contributed by atoms with van der Waals surface area (Å²) in [5.74, 6) is -0.634. The molecule has 2 fully saturated rings. The normalized spacial score (nSPS) is 21.6. The van der Waals surface area contributed by atoms with Gasteiger partial charge in [-0.2, -0.15) is 4.31 Å². The number of Topliss-reactive ketones (excluding diaryl/α,β-unsaturated/α-hetero) is 1. The van der Waals surface area contributed by atoms with Gasteiger partial charge in [0.25, 0.3) is 10.0 Å². The number of ether oxygens (including phenoxy) is 1. The number of sulfonamides is 1. The number of fused-ring (bicyclic) bond motifs is 1. The molecule has 2 aromatic rings. The molecular formula is C23H28N4O7S. The Bertz CT molecular complexity index is 1190. The second-order valence-corrected chi connectivity index (χ2v) is 11.7. The van der Waals surface area contributed by atoms with Crippen molar-refractivity contribution in [2.45, 2.75) is 56.8 Å². The van der Waals surface area contributed by atoms with Crippen LogP contribution in [0, 0.1) is 5.41 Å². The highest BCUT2D eigenvalue weighted by Crippen LogP contribution is 2.34. The fourth-order valence-electron chi connectivity index (χ4n) is 4.56. The number of pyridine rings is 1. The first-order valence-electron chi connectivity index (χ1n) is 11.2. The maximum atomic E-state index is 13.6. The molecule has 0 saturated carbocycles. The van der Waals surface area contributed by atoms with Crippen LogP contribution in [-0.2, 0) is 19.6 Å². The zero-order chi connectivity index (χ0) is 25.4. The molecule has 0 spiro atoms. The lowest BCUT2D eigenvalue weighted by Crippen LogP contribution is -2.54. The Kier molecular flexibility index (Phi) is 6.69. The van der Waals surface area contributed by atoms with E-state index in [1.54, 1.807) is 12.1 Å². The molecule has 11 nitrogen and oxygen atoms in total. The molecular weight excluding hydrogens is 476 g/mol. The predicted octanol–water partition coefficient (Wildman–Crippen LogP) is 1.81. The van der Waals surface area contributed by atoms with E-state index in [0.29, 0.717) is 6.42 Å². The van der Waals surface area contributed by atoms with Crippen molar-refractivity contribution >= 4 is 27.8 Å². The number of hydrogen-bond acceptors (Lipinski definition) is 8. The average Bonchev–Trinajstić information content (AvgIpc) is 3.51. The number of carbonyl (C=O) groups excluding carboxylic acids is 3. The molecule has 2 amide bonds. The van der Waals surface area contributed by atoms with Gasteiger partial charge in [-0.3, -0.25) is 9.59 Å². The molecule has 12 heteroatoms. The number of rotatable bonds is 6. The van der Waals surface area contributed by atoms with Crippen molar-refractivity contribution in [1.82, 2.24) is 19.5 Å². The number of carbonyl (C=O) groups is 3. The highest BCUT2D eigenvalue weighted by molar-refractivity contribution is 7.89. The number of amides is 2. The molecule has 1 N–H and O–H groups in total. The Labute approximate surface area is 203 Å². The summed E-state index contributed by atoms with van der Waals surface area (Å²) in [6.45, 7) is 5.62. The van der Waals surface area contributed by atoms with Crippen LogP contribution in [0.2, 0.25) is 0 Å². The lowest BCUT2D eigenvalue weighted by Gasteiger charge is -2.31. The highest BCUT2D eigenvalue weighted by atomic mass is 32.2. The Hall–Kier alpha value is -3.25. The third-order valence-electron chi connectivity index (χ3n) is 5.98. The first-order chi connectivity index (χ1) is 16.5. The minimum absolute atomic E-state index is 0.146. The van der Waals surface area contributed by atoms with Gasteiger partial charge in [0.15, 0.2) is 16.6 Å². The van der Waals surface area contributed by atoms with Crippen molar-refractivity contribution in [3.05, 3.63) is 43.0 Å². The largest absolute Gasteiger partial charge is 0.469 e. The third kappa shape index (κ3) is 5.22. The van der Waals surface area contributed by atoms with Crippen molar-refractivity contribution in [2.24, 2.45) is 5.41 Å². The summed E-state index contributed by atoms with van der Waals surface area (Å²) in [7, 11) is -4.01. The summed E-state index contributed by atoms with van der Waals surface area (Å²) in [5, 5.41) is 2.46. The zero-order valence-electron chi connectivity index (χ0n) is 19.7. The number of likely N-dealkylation sites (tertiary alicyclic amines) is 1. The van der Waals surface area contributed by atoms with Crippen molar-refractivity contribution in [3.63, 3.8) is 0 Å². The Morgan fingerprint density at radius 3 is 2.69 bits per heavy atom. The second-order valence-electron chi connectivity index (χ2n) is 9.83. The van der Waals surface area contributed by atoms with Crippen LogP contribution in [0.1, 0.15) is 33.6 Å². The van der Waals surface area contributed by atoms with Gasteiger partial charge in [-0.05, 0) is 30.4 Å². The van der Waals surface area contributed by atoms with Crippen LogP contribution >= 0.6 is 0 Å². The quantitative estimate of drug-likeness (QED) is 0.628. The number of hydrogen-bond donors (Lipinski definition) is 1. The molecule has 2 aliphatic rings. The van der Waals surface area contributed by atoms with E-state index in [9.17, 15) is 22.8 Å². The topological polar surface area (TPSA) is 139 Å². The van der Waals surface area contributed by atoms with Gasteiger partial charge < -0.3 is 19.4 Å². The smallest absolute Gasteiger partial charge is 0.413 e. The number of nitrogens with zero attached hydrogens (tertiary/aromatic N) is 3. The number of aromatic nitrogens is 1. The first kappa shape index (κ1) is 24.9. The molecule has 2 saturated heterocycles. The predicted molar refractivity (Wildman–Crippen MR) is 123 cm³/mol. The second kappa shape index (κ2) is 9.42. The fourth-order valence-corrected chi connectivity index (χ4v) is 6.12. The minimum atomic E-state index is -4.01. The molecule has 3 atom stereocenters. The maximum absolute atomic E-state index is 13.6. The molecule has 35 heavy (non-hydrogen) atoms. The van der Waals surface area contributed by atoms with Gasteiger partial charge in [-0.25, -0.2) is 18.2 Å². The standard InChI is InChI=1S/C23H28N4O7S/c1-23(2,3)12-16(25-22(30)34-15-8-11-33-14-15)21(29)26-10-7-17-20(26)18(28)13-27(17)35(31,32)19-6-4-5-9-24-19/h4-6,8-9,11,14,16-17,20H,7,10,12-13H2,1-3H3,(H,25,30). The fraction of sp³-hybridized carbons (Fsp3) is 0.478. The average molecular weight is 505 g/mol. The van der Waals surface area contributed by atoms with E-state index in [0.717, 1.165) is 4.31 Å². The van der Waals surface area contributed by atoms with E-state index in [1.807, 2.05) is 20.8 Å². The van der Waals surface area contributed by atoms with Gasteiger partial charge in [-0.15, -0.1) is 0 Å². The van der Waals surface area contributed by atoms with Crippen molar-refractivity contribution in [2.75, 3.05) is 13.1 Å². The molecule has 2 aliphatic heterocycles. The highest BCUT2D eigenvalue weighted by Gasteiger charge is 2.54. The number of furan rings is 1. The van der Waals surface area contributed by atoms with E-state index >= 15 is 0 Å². The van der Waals surface area contributed by atoms with Gasteiger partial charge in [-0.1, -0.05) is 26.8 Å². The molecule has 2 aromatic heterocycles. The summed E-state index contributed by atoms with van der Waals surface area (Å²) < 4.78 is 37.5. The SMILES string of the molecule is CC(C)(C)CC(NC(=O)Oc1ccoc1)C(=O)N1CCC2C1C(=O)CN2S(=O)(=O)c1ccccn1. The van der Waals surface area contributed by atoms with Gasteiger partial charge in [0, 0.05) is 18.8 Å². The maximum Gasteiger partial charge on any atom is 0.413 e. The van der Waals surface area contributed by atoms with Crippen LogP contribution in [0.4, 0.5) is 4.79 Å². The van der Waals surface area contributed by atoms with E-state index < -0.39 is 40.1 Å². The number of nitrogens with one attached hydrogen (secondary N) is 1. The molecule has 0 aromatic carbocycles. The first-order valence-corrected chi connectivity index (χ1v) is 12.7. The van der Waals surface area contributed by atoms with Crippen LogP contribution in [0.5, 0.6) is 5.75 Å². The molecule has 188 valence electrons. The molecule has 0 bridgehead atoms. The monoisotopic (exact) mass is 504 g/mol. The summed E-state index contributed by atoms with van der Waals surface area (Å²) in [6.07, 6.45) is 3.72. The van der Waals surface area contributed by atoms with Crippen LogP contribution < -0.4 is 10.1 Å². The number of ketones is 1. The molecule has 4 heterocycles. The third-order valence-corrected chi connectivity index (χ3v) is 7.77. The minimum Gasteiger partial charge on any atom is -0.469 e. The molecule has 0 radical (unpaired) electrons. The van der Waals surface area contributed by atoms with Gasteiger partial charge in [0.2, 0.25) is 5.91 Å². The van der Waals surface area contributed by atoms with Gasteiger partial charge in [0.05, 0.1) is 18.8 Å². The van der Waals surface area contributed by atoms with E-state index in [4.69, 9.17) is 9.15 Å². The lowest BCUT2D eigenvalue weighted by atomic mass is 9.87. The summed E-state index contributed by atoms with van der Waals surface area (Å²) >= 11 is 0. The van der Waals surface area contributed by atoms with Crippen LogP contribution in [0.15, 0.2) is 52.4 Å². The van der Waals surface area contributed by atoms with Crippen LogP contribution in [-0.4, -0.2) is 71.6 Å². The van der Waals surface area contributed by atoms with E-state index in [-0.39, 0.29) is 41.5 Å². The summed E-state index contributed by atoms with van der Waals surface area (Å²) in [4.78, 5) is 44.3. The van der Waals surface area contributed by atoms with Crippen LogP contribution in [0.25, 0.3) is 0 Å². The molecule has 0 aliphatic carbocycles. The van der Waals surface area contributed by atoms with Crippen molar-refractivity contribution in [1.29, 1.82) is 0 Å². The van der Waals surface area contributed by atoms with Crippen LogP contribution in [0.3, 0.4) is 0 Å². The van der Waals surface area contributed by atoms with Crippen molar-refractivity contribution < 1.29 is 32.0 Å². The Balaban J connectivity index is 1.53. The van der Waals surface area contributed by atoms with Gasteiger partial charge >= 0.3 is 6.09 Å². The molecule has 3 unspecified atom stereocenters. The summed E-state index contributed by atoms with van der Waals surface area (Å²) in [5.41, 5.74) is -0.337. The van der Waals surface area contributed by atoms with E-state index in [2.05, 4.69) is 10.3 Å². The Morgan fingerprint density at radius 2 is 2.06 bits per heavy atom. The Morgan fingerprint density at radius 1 is 1.29 bits per heavy atom. The van der Waals surface area contributed by atoms with E-state index in [1.165, 1.54) is 35.8 Å². The zero-order valence-corrected chi connectivity index (χ0v) is 20.5.